The quantitative estimate of drug-likeness (QED) is 0.0269. The summed E-state index contributed by atoms with van der Waals surface area (Å²) < 4.78 is 5.60. The number of hydrogen-bond donors (Lipinski definition) is 4. The van der Waals surface area contributed by atoms with Crippen molar-refractivity contribution in [2.45, 2.75) is 154 Å². The second kappa shape index (κ2) is 34.5. The summed E-state index contributed by atoms with van der Waals surface area (Å²) in [6.45, 7) is 26.3. The number of rotatable bonds is 28. The van der Waals surface area contributed by atoms with Crippen molar-refractivity contribution in [2.24, 2.45) is 16.7 Å². The number of likely N-dealkylation sites (tertiary alicyclic amines) is 2. The molecule has 1 aliphatic carbocycles. The molecular weight excluding hydrogens is 1310 g/mol. The van der Waals surface area contributed by atoms with Crippen LogP contribution in [-0.4, -0.2) is 181 Å². The Balaban J connectivity index is 0.638. The van der Waals surface area contributed by atoms with E-state index in [4.69, 9.17) is 16.3 Å². The molecule has 5 aliphatic rings. The molecule has 0 spiro atoms. The number of thiazole rings is 1. The first-order chi connectivity index (χ1) is 48.1. The lowest BCUT2D eigenvalue weighted by Crippen LogP contribution is -2.51. The van der Waals surface area contributed by atoms with E-state index in [0.29, 0.717) is 18.7 Å². The molecule has 4 aliphatic heterocycles. The zero-order valence-corrected chi connectivity index (χ0v) is 62.1. The van der Waals surface area contributed by atoms with Gasteiger partial charge >= 0.3 is 0 Å². The number of piperidine rings is 1. The number of nitrogens with zero attached hydrogens (tertiary/aromatic N) is 6. The number of amides is 3. The molecule has 16 nitrogen and oxygen atoms in total. The number of carbonyl (C=O) groups excluding carboxylic acids is 5. The monoisotopic (exact) mass is 1410 g/mol. The average molecular weight is 1420 g/mol. The average Bonchev–Trinajstić information content (AvgIpc) is 1.63. The Hall–Kier alpha value is -6.74. The summed E-state index contributed by atoms with van der Waals surface area (Å²) in [5.74, 6) is -1.13. The first-order valence-corrected chi connectivity index (χ1v) is 38.5. The summed E-state index contributed by atoms with van der Waals surface area (Å²) in [5, 5.41) is 21.9. The number of morpholine rings is 1. The number of ketones is 2. The molecule has 0 saturated carbocycles. The van der Waals surface area contributed by atoms with Crippen molar-refractivity contribution in [3.05, 3.63) is 171 Å². The van der Waals surface area contributed by atoms with E-state index >= 15 is 0 Å². The van der Waals surface area contributed by atoms with Crippen LogP contribution >= 0.6 is 34.7 Å². The summed E-state index contributed by atoms with van der Waals surface area (Å²) in [7, 11) is 0. The first-order valence-electron chi connectivity index (χ1n) is 36.3. The number of aliphatic hydroxyl groups excluding tert-OH is 1. The fourth-order valence-electron chi connectivity index (χ4n) is 15.5. The summed E-state index contributed by atoms with van der Waals surface area (Å²) in [6.07, 6.45) is 4.74. The Kier molecular flexibility index (Phi) is 25.7. The van der Waals surface area contributed by atoms with Crippen LogP contribution in [0.25, 0.3) is 16.0 Å². The third-order valence-corrected chi connectivity index (χ3v) is 23.7. The lowest BCUT2D eigenvalue weighted by molar-refractivity contribution is -0.146. The van der Waals surface area contributed by atoms with E-state index in [9.17, 15) is 29.1 Å². The normalized spacial score (nSPS) is 21.4. The highest BCUT2D eigenvalue weighted by molar-refractivity contribution is 7.99. The minimum atomic E-state index is -0.852. The fourth-order valence-corrected chi connectivity index (χ4v) is 17.4. The molecule has 3 amide bonds. The minimum absolute atomic E-state index is 0.00443. The largest absolute Gasteiger partial charge is 0.391 e. The molecule has 0 radical (unpaired) electrons. The van der Waals surface area contributed by atoms with Gasteiger partial charge in [0.05, 0.1) is 47.9 Å². The van der Waals surface area contributed by atoms with Gasteiger partial charge in [0.25, 0.3) is 5.91 Å². The van der Waals surface area contributed by atoms with Crippen LogP contribution in [0.2, 0.25) is 5.02 Å². The third-order valence-electron chi connectivity index (χ3n) is 21.3. The maximum Gasteiger partial charge on any atom is 0.251 e. The molecule has 5 heterocycles. The predicted octanol–water partition coefficient (Wildman–Crippen LogP) is 13.4. The molecule has 0 bridgehead atoms. The number of aryl methyl sites for hydroxylation is 2. The number of hydrogen-bond acceptors (Lipinski definition) is 15. The van der Waals surface area contributed by atoms with Gasteiger partial charge in [-0.15, -0.1) is 23.1 Å². The van der Waals surface area contributed by atoms with Crippen molar-refractivity contribution >= 4 is 80.9 Å². The van der Waals surface area contributed by atoms with E-state index in [2.05, 4.69) is 139 Å². The molecule has 2 unspecified atom stereocenters. The zero-order chi connectivity index (χ0) is 70.5. The lowest BCUT2D eigenvalue weighted by Gasteiger charge is -2.44. The number of Topliss-reactive ketones (excluding diaryl/α,β-unsaturated/α-hetero) is 2. The number of carbonyl (C=O) groups is 5. The van der Waals surface area contributed by atoms with E-state index in [-0.39, 0.29) is 84.9 Å². The van der Waals surface area contributed by atoms with Crippen molar-refractivity contribution in [1.82, 2.24) is 35.2 Å². The van der Waals surface area contributed by atoms with E-state index < -0.39 is 23.5 Å². The van der Waals surface area contributed by atoms with Gasteiger partial charge in [0.2, 0.25) is 11.8 Å². The minimum Gasteiger partial charge on any atom is -0.391 e. The number of nitrogens with one attached hydrogen (secondary N) is 3. The van der Waals surface area contributed by atoms with Crippen molar-refractivity contribution in [3.63, 3.8) is 0 Å². The van der Waals surface area contributed by atoms with Crippen molar-refractivity contribution in [3.8, 4) is 10.4 Å². The Morgan fingerprint density at radius 2 is 1.56 bits per heavy atom. The van der Waals surface area contributed by atoms with Gasteiger partial charge in [-0.3, -0.25) is 33.8 Å². The topological polar surface area (TPSA) is 180 Å². The highest BCUT2D eigenvalue weighted by Crippen LogP contribution is 2.45. The van der Waals surface area contributed by atoms with Gasteiger partial charge in [0.1, 0.15) is 5.78 Å². The van der Waals surface area contributed by atoms with Crippen LogP contribution in [-0.2, 0) is 30.5 Å². The van der Waals surface area contributed by atoms with Crippen LogP contribution in [0, 0.1) is 30.6 Å². The molecule has 11 rings (SSSR count). The number of aromatic nitrogens is 1. The Morgan fingerprint density at radius 1 is 0.830 bits per heavy atom. The number of halogens is 1. The summed E-state index contributed by atoms with van der Waals surface area (Å²) in [5.41, 5.74) is 13.4. The molecule has 100 heavy (non-hydrogen) atoms. The highest BCUT2D eigenvalue weighted by atomic mass is 35.5. The SMILES string of the molecule is Cc1cc(CNC(=O)c2ccc(N3CCN(CC4=C(c5ccc(Cl)cc5)CCC(C)(CN5CCC[C@@H](NC(=O)CC(=O)C[C@H](C(=O)N6C[C@H](O)CC6C(=O)C[C@@H](C)c6ccc(-c7scnc7C)cc6)C(C)(C)C)C5)C4)CC3)cc2)ccc1N[C@H](CCN1CCOCC1)CSc1ccccc1. The van der Waals surface area contributed by atoms with Crippen LogP contribution in [0.5, 0.6) is 0 Å². The summed E-state index contributed by atoms with van der Waals surface area (Å²) in [4.78, 5) is 88.2. The smallest absolute Gasteiger partial charge is 0.251 e. The van der Waals surface area contributed by atoms with Crippen molar-refractivity contribution < 1.29 is 33.8 Å². The second-order valence-corrected chi connectivity index (χ2v) is 32.6. The van der Waals surface area contributed by atoms with Crippen LogP contribution < -0.4 is 20.9 Å². The second-order valence-electron chi connectivity index (χ2n) is 30.3. The Labute approximate surface area is 606 Å². The van der Waals surface area contributed by atoms with E-state index in [1.807, 2.05) is 88.3 Å². The van der Waals surface area contributed by atoms with Crippen LogP contribution in [0.4, 0.5) is 11.4 Å². The molecule has 6 aromatic rings. The van der Waals surface area contributed by atoms with Gasteiger partial charge in [-0.1, -0.05) is 119 Å². The van der Waals surface area contributed by atoms with Crippen molar-refractivity contribution in [2.75, 3.05) is 108 Å². The number of benzene rings is 5. The van der Waals surface area contributed by atoms with Crippen molar-refractivity contribution in [1.29, 1.82) is 0 Å². The number of anilines is 2. The molecule has 4 saturated heterocycles. The maximum absolute atomic E-state index is 14.6. The van der Waals surface area contributed by atoms with Gasteiger partial charge in [0, 0.05) is 148 Å². The van der Waals surface area contributed by atoms with Gasteiger partial charge in [-0.05, 0) is 164 Å². The molecule has 7 atom stereocenters. The number of aliphatic hydroxyl groups is 1. The molecule has 534 valence electrons. The van der Waals surface area contributed by atoms with Gasteiger partial charge in [-0.2, -0.15) is 0 Å². The lowest BCUT2D eigenvalue weighted by atomic mass is 9.71. The summed E-state index contributed by atoms with van der Waals surface area (Å²) >= 11 is 9.93. The molecule has 4 fully saturated rings. The molecule has 1 aromatic heterocycles. The maximum atomic E-state index is 14.6. The highest BCUT2D eigenvalue weighted by Gasteiger charge is 2.45. The van der Waals surface area contributed by atoms with Gasteiger partial charge in [-0.25, -0.2) is 4.98 Å². The first kappa shape index (κ1) is 74.4. The summed E-state index contributed by atoms with van der Waals surface area (Å²) in [6, 6.07) is 41.0. The Morgan fingerprint density at radius 3 is 2.26 bits per heavy atom. The number of thioether (sulfide) groups is 1. The van der Waals surface area contributed by atoms with Gasteiger partial charge < -0.3 is 40.5 Å². The molecule has 19 heteroatoms. The fraction of sp³-hybridized carbons (Fsp3) is 0.506. The Bertz CT molecular complexity index is 3780. The molecular formula is C81H104ClN9O7S2. The van der Waals surface area contributed by atoms with E-state index in [0.717, 1.165) is 172 Å². The predicted molar refractivity (Wildman–Crippen MR) is 405 cm³/mol. The number of ether oxygens (including phenoxy) is 1. The van der Waals surface area contributed by atoms with Crippen LogP contribution in [0.15, 0.2) is 137 Å². The van der Waals surface area contributed by atoms with Crippen LogP contribution in [0.1, 0.15) is 143 Å². The zero-order valence-electron chi connectivity index (χ0n) is 59.7. The number of allylic oxidation sites excluding steroid dienone is 1. The standard InChI is InChI=1S/C81H104ClN9O7S2/c1-55(59-16-18-61(19-17-59)77-57(3)84-54-100-77)43-75(94)74-45-69(93)51-91(74)79(97)72(80(4,5)6)44-68(92)46-76(95)86-65-12-11-32-89(50-65)53-81(7)31-29-71(60-20-24-64(82)25-21-60)63(47-81)49-88-34-36-90(37-35-88)67-26-22-62(23-27-67)78(96)83-48-58-15-28-73(56(2)42-58)85-66(30-33-87-38-40-98-41-39-87)52-99-70-13-9-8-10-14-70/h8-10,13-28,42,54-55,65-66,69,72,74,85,93H,11-12,29-41,43-53H2,1-7H3,(H,83,96)(H,86,95)/t55-,65-,66-,69-,72-,74?,81?/m1/s1. The van der Waals surface area contributed by atoms with Gasteiger partial charge in [0.15, 0.2) is 5.78 Å². The van der Waals surface area contributed by atoms with E-state index in [1.54, 1.807) is 11.3 Å². The number of β-amino-alcohol motifs (C(OH)–C–C–N with tert-alkyl or cyclic N) is 1. The molecule has 4 N–H and O–H groups in total. The molecule has 5 aromatic carbocycles. The van der Waals surface area contributed by atoms with E-state index in [1.165, 1.54) is 26.5 Å². The third kappa shape index (κ3) is 20.3. The van der Waals surface area contributed by atoms with Crippen LogP contribution in [0.3, 0.4) is 0 Å². The number of piperazine rings is 1.